The fraction of sp³-hybridized carbons (Fsp3) is 0.733. The van der Waals surface area contributed by atoms with Crippen molar-refractivity contribution in [3.63, 3.8) is 0 Å². The monoisotopic (exact) mass is 282 g/mol. The van der Waals surface area contributed by atoms with E-state index in [0.29, 0.717) is 12.1 Å². The van der Waals surface area contributed by atoms with Gasteiger partial charge in [-0.1, -0.05) is 13.8 Å². The number of thiophene rings is 1. The van der Waals surface area contributed by atoms with Crippen LogP contribution < -0.4 is 5.32 Å². The fourth-order valence-corrected chi connectivity index (χ4v) is 3.42. The van der Waals surface area contributed by atoms with Crippen LogP contribution in [0.1, 0.15) is 36.1 Å². The molecule has 1 aliphatic heterocycles. The van der Waals surface area contributed by atoms with E-state index in [4.69, 9.17) is 4.74 Å². The van der Waals surface area contributed by atoms with Crippen molar-refractivity contribution in [1.82, 2.24) is 10.2 Å². The van der Waals surface area contributed by atoms with Crippen LogP contribution in [0.3, 0.4) is 0 Å². The second-order valence-corrected chi connectivity index (χ2v) is 7.09. The number of aryl methyl sites for hydroxylation is 1. The normalized spacial score (nSPS) is 21.2. The van der Waals surface area contributed by atoms with Gasteiger partial charge in [-0.3, -0.25) is 4.90 Å². The molecule has 0 aliphatic carbocycles. The summed E-state index contributed by atoms with van der Waals surface area (Å²) in [6.45, 7) is 13.8. The Kier molecular flexibility index (Phi) is 5.39. The van der Waals surface area contributed by atoms with Gasteiger partial charge in [0.15, 0.2) is 0 Å². The lowest BCUT2D eigenvalue weighted by molar-refractivity contribution is -0.0212. The zero-order chi connectivity index (χ0) is 13.8. The Morgan fingerprint density at radius 2 is 2.32 bits per heavy atom. The summed E-state index contributed by atoms with van der Waals surface area (Å²) in [7, 11) is 0. The summed E-state index contributed by atoms with van der Waals surface area (Å²) in [5, 5.41) is 3.49. The van der Waals surface area contributed by atoms with Crippen LogP contribution in [0.25, 0.3) is 0 Å². The number of rotatable bonds is 5. The highest BCUT2D eigenvalue weighted by atomic mass is 32.1. The molecule has 0 radical (unpaired) electrons. The maximum atomic E-state index is 5.60. The van der Waals surface area contributed by atoms with Crippen LogP contribution in [0, 0.1) is 6.92 Å². The Morgan fingerprint density at radius 3 is 3.00 bits per heavy atom. The molecule has 1 saturated heterocycles. The maximum Gasteiger partial charge on any atom is 0.0674 e. The number of hydrogen-bond acceptors (Lipinski definition) is 4. The summed E-state index contributed by atoms with van der Waals surface area (Å²) in [5.41, 5.74) is 1.49. The van der Waals surface area contributed by atoms with Crippen LogP contribution in [0.5, 0.6) is 0 Å². The van der Waals surface area contributed by atoms with E-state index in [1.165, 1.54) is 15.3 Å². The first-order chi connectivity index (χ1) is 9.04. The molecule has 0 amide bonds. The molecule has 1 N–H and O–H groups in total. The van der Waals surface area contributed by atoms with Gasteiger partial charge in [0.2, 0.25) is 0 Å². The number of hydrogen-bond donors (Lipinski definition) is 1. The Labute approximate surface area is 121 Å². The van der Waals surface area contributed by atoms with Crippen LogP contribution in [0.4, 0.5) is 0 Å². The molecule has 0 aromatic carbocycles. The average Bonchev–Trinajstić information content (AvgIpc) is 2.68. The predicted molar refractivity (Wildman–Crippen MR) is 81.7 cm³/mol. The van der Waals surface area contributed by atoms with E-state index in [2.05, 4.69) is 44.0 Å². The molecule has 0 bridgehead atoms. The van der Waals surface area contributed by atoms with Crippen LogP contribution in [0.2, 0.25) is 0 Å². The first-order valence-electron chi connectivity index (χ1n) is 7.20. The van der Waals surface area contributed by atoms with Crippen molar-refractivity contribution in [1.29, 1.82) is 0 Å². The van der Waals surface area contributed by atoms with E-state index in [1.54, 1.807) is 0 Å². The number of nitrogens with zero attached hydrogens (tertiary/aromatic N) is 1. The van der Waals surface area contributed by atoms with Gasteiger partial charge in [0, 0.05) is 42.0 Å². The Bertz CT molecular complexity index is 403. The zero-order valence-corrected chi connectivity index (χ0v) is 13.3. The molecule has 1 unspecified atom stereocenters. The highest BCUT2D eigenvalue weighted by Gasteiger charge is 2.18. The van der Waals surface area contributed by atoms with Gasteiger partial charge in [0.1, 0.15) is 0 Å². The number of ether oxygens (including phenoxy) is 1. The highest BCUT2D eigenvalue weighted by molar-refractivity contribution is 7.12. The Hall–Kier alpha value is -0.420. The number of nitrogens with one attached hydrogen (secondary N) is 1. The molecule has 0 spiro atoms. The topological polar surface area (TPSA) is 24.5 Å². The smallest absolute Gasteiger partial charge is 0.0674 e. The highest BCUT2D eigenvalue weighted by Crippen LogP contribution is 2.23. The van der Waals surface area contributed by atoms with Gasteiger partial charge in [-0.2, -0.15) is 0 Å². The second-order valence-electron chi connectivity index (χ2n) is 5.75. The molecule has 108 valence electrons. The zero-order valence-electron chi connectivity index (χ0n) is 12.5. The van der Waals surface area contributed by atoms with E-state index in [0.717, 1.165) is 32.8 Å². The van der Waals surface area contributed by atoms with Gasteiger partial charge >= 0.3 is 0 Å². The molecule has 1 aromatic rings. The van der Waals surface area contributed by atoms with Crippen molar-refractivity contribution in [2.75, 3.05) is 19.7 Å². The summed E-state index contributed by atoms with van der Waals surface area (Å²) >= 11 is 1.93. The van der Waals surface area contributed by atoms with Crippen LogP contribution in [0.15, 0.2) is 6.07 Å². The van der Waals surface area contributed by atoms with Gasteiger partial charge in [-0.25, -0.2) is 0 Å². The maximum absolute atomic E-state index is 5.60. The molecule has 1 fully saturated rings. The summed E-state index contributed by atoms with van der Waals surface area (Å²) in [4.78, 5) is 5.41. The van der Waals surface area contributed by atoms with Crippen molar-refractivity contribution < 1.29 is 4.74 Å². The fourth-order valence-electron chi connectivity index (χ4n) is 2.41. The van der Waals surface area contributed by atoms with Crippen molar-refractivity contribution in [3.8, 4) is 0 Å². The molecule has 3 nitrogen and oxygen atoms in total. The molecule has 2 rings (SSSR count). The SMILES string of the molecule is Cc1sc(CNC(C)C)cc1CN1CCOC(C)C1. The van der Waals surface area contributed by atoms with E-state index in [1.807, 2.05) is 11.3 Å². The third kappa shape index (κ3) is 4.56. The van der Waals surface area contributed by atoms with Crippen LogP contribution in [-0.2, 0) is 17.8 Å². The third-order valence-electron chi connectivity index (χ3n) is 3.48. The Balaban J connectivity index is 1.92. The molecule has 1 aromatic heterocycles. The lowest BCUT2D eigenvalue weighted by Crippen LogP contribution is -2.40. The standard InChI is InChI=1S/C15H26N2OS/c1-11(2)16-8-15-7-14(13(4)19-15)10-17-5-6-18-12(3)9-17/h7,11-12,16H,5-6,8-10H2,1-4H3. The minimum Gasteiger partial charge on any atom is -0.376 e. The molecule has 1 aliphatic rings. The van der Waals surface area contributed by atoms with E-state index >= 15 is 0 Å². The largest absolute Gasteiger partial charge is 0.376 e. The van der Waals surface area contributed by atoms with Crippen molar-refractivity contribution >= 4 is 11.3 Å². The Morgan fingerprint density at radius 1 is 1.53 bits per heavy atom. The average molecular weight is 282 g/mol. The van der Waals surface area contributed by atoms with Gasteiger partial charge in [-0.15, -0.1) is 11.3 Å². The molecule has 2 heterocycles. The van der Waals surface area contributed by atoms with Crippen molar-refractivity contribution in [2.24, 2.45) is 0 Å². The van der Waals surface area contributed by atoms with E-state index in [-0.39, 0.29) is 0 Å². The summed E-state index contributed by atoms with van der Waals surface area (Å²) in [6, 6.07) is 2.92. The van der Waals surface area contributed by atoms with Gasteiger partial charge in [0.05, 0.1) is 12.7 Å². The molecule has 4 heteroatoms. The summed E-state index contributed by atoms with van der Waals surface area (Å²) in [6.07, 6.45) is 0.370. The van der Waals surface area contributed by atoms with Gasteiger partial charge in [-0.05, 0) is 25.5 Å². The van der Waals surface area contributed by atoms with Crippen molar-refractivity contribution in [3.05, 3.63) is 21.4 Å². The predicted octanol–water partition coefficient (Wildman–Crippen LogP) is 2.78. The molecular weight excluding hydrogens is 256 g/mol. The first kappa shape index (κ1) is 15.0. The summed E-state index contributed by atoms with van der Waals surface area (Å²) < 4.78 is 5.60. The first-order valence-corrected chi connectivity index (χ1v) is 8.01. The molecule has 0 saturated carbocycles. The molecular formula is C15H26N2OS. The lowest BCUT2D eigenvalue weighted by atomic mass is 10.2. The van der Waals surface area contributed by atoms with Crippen molar-refractivity contribution in [2.45, 2.75) is 52.9 Å². The second kappa shape index (κ2) is 6.84. The minimum absolute atomic E-state index is 0.370. The van der Waals surface area contributed by atoms with Crippen LogP contribution in [-0.4, -0.2) is 36.7 Å². The quantitative estimate of drug-likeness (QED) is 0.899. The molecule has 19 heavy (non-hydrogen) atoms. The van der Waals surface area contributed by atoms with Crippen LogP contribution >= 0.6 is 11.3 Å². The lowest BCUT2D eigenvalue weighted by Gasteiger charge is -2.31. The minimum atomic E-state index is 0.370. The van der Waals surface area contributed by atoms with E-state index < -0.39 is 0 Å². The molecule has 1 atom stereocenters. The number of morpholine rings is 1. The van der Waals surface area contributed by atoms with Gasteiger partial charge < -0.3 is 10.1 Å². The third-order valence-corrected chi connectivity index (χ3v) is 4.57. The summed E-state index contributed by atoms with van der Waals surface area (Å²) in [5.74, 6) is 0. The van der Waals surface area contributed by atoms with E-state index in [9.17, 15) is 0 Å². The van der Waals surface area contributed by atoms with Gasteiger partial charge in [0.25, 0.3) is 0 Å².